The van der Waals surface area contributed by atoms with Crippen LogP contribution in [-0.2, 0) is 0 Å². The fourth-order valence-corrected chi connectivity index (χ4v) is 6.92. The topological polar surface area (TPSA) is 17.8 Å². The van der Waals surface area contributed by atoms with Gasteiger partial charge in [-0.15, -0.1) is 11.3 Å². The lowest BCUT2D eigenvalue weighted by molar-refractivity contribution is 1.19. The van der Waals surface area contributed by atoms with Crippen molar-refractivity contribution in [2.24, 2.45) is 0 Å². The van der Waals surface area contributed by atoms with Crippen LogP contribution in [0, 0.1) is 0 Å². The molecule has 0 unspecified atom stereocenters. The Morgan fingerprint density at radius 3 is 1.75 bits per heavy atom. The van der Waals surface area contributed by atoms with Crippen molar-refractivity contribution >= 4 is 42.5 Å². The Kier molecular flexibility index (Phi) is 5.35. The summed E-state index contributed by atoms with van der Waals surface area (Å²) in [6.45, 7) is 0. The molecule has 2 nitrogen and oxygen atoms in total. The minimum atomic E-state index is 0.978. The lowest BCUT2D eigenvalue weighted by Gasteiger charge is -2.11. The maximum Gasteiger partial charge on any atom is 0.0727 e. The highest BCUT2D eigenvalue weighted by Gasteiger charge is 2.18. The first-order valence-corrected chi connectivity index (χ1v) is 14.3. The van der Waals surface area contributed by atoms with E-state index in [1.54, 1.807) is 0 Å². The molecule has 188 valence electrons. The number of thiophene rings is 1. The lowest BCUT2D eigenvalue weighted by atomic mass is 9.99. The molecule has 3 heteroatoms. The van der Waals surface area contributed by atoms with Gasteiger partial charge in [0, 0.05) is 32.3 Å². The van der Waals surface area contributed by atoms with E-state index >= 15 is 0 Å². The summed E-state index contributed by atoms with van der Waals surface area (Å²) in [6.07, 6.45) is 0. The molecule has 0 aliphatic carbocycles. The fraction of sp³-hybridized carbons (Fsp3) is 0. The molecule has 0 spiro atoms. The number of hydrogen-bond donors (Lipinski definition) is 0. The zero-order valence-corrected chi connectivity index (χ0v) is 22.5. The summed E-state index contributed by atoms with van der Waals surface area (Å²) < 4.78 is 5.05. The summed E-state index contributed by atoms with van der Waals surface area (Å²) in [7, 11) is 0. The van der Waals surface area contributed by atoms with Crippen LogP contribution >= 0.6 is 11.3 Å². The summed E-state index contributed by atoms with van der Waals surface area (Å²) in [5.74, 6) is 0. The molecule has 0 fully saturated rings. The Bertz CT molecular complexity index is 2080. The molecule has 3 heterocycles. The number of nitrogens with zero attached hydrogens (tertiary/aromatic N) is 2. The zero-order valence-electron chi connectivity index (χ0n) is 21.7. The molecule has 0 bridgehead atoms. The third kappa shape index (κ3) is 3.75. The Balaban J connectivity index is 1.40. The predicted octanol–water partition coefficient (Wildman–Crippen LogP) is 10.4. The van der Waals surface area contributed by atoms with Gasteiger partial charge in [0.15, 0.2) is 0 Å². The van der Waals surface area contributed by atoms with E-state index in [-0.39, 0.29) is 0 Å². The van der Waals surface area contributed by atoms with Crippen LogP contribution in [0.1, 0.15) is 0 Å². The van der Waals surface area contributed by atoms with Crippen LogP contribution < -0.4 is 0 Å². The highest BCUT2D eigenvalue weighted by molar-refractivity contribution is 7.26. The van der Waals surface area contributed by atoms with E-state index in [1.807, 2.05) is 23.5 Å². The van der Waals surface area contributed by atoms with E-state index in [4.69, 9.17) is 4.98 Å². The van der Waals surface area contributed by atoms with Gasteiger partial charge in [-0.3, -0.25) is 0 Å². The molecule has 0 N–H and O–H groups in total. The van der Waals surface area contributed by atoms with Crippen molar-refractivity contribution in [2.45, 2.75) is 0 Å². The van der Waals surface area contributed by atoms with E-state index in [0.717, 1.165) is 28.1 Å². The van der Waals surface area contributed by atoms with Gasteiger partial charge >= 0.3 is 0 Å². The molecule has 8 rings (SSSR count). The molecule has 0 saturated heterocycles. The molecular formula is C37H24N2S. The molecule has 0 radical (unpaired) electrons. The predicted molar refractivity (Wildman–Crippen MR) is 170 cm³/mol. The molecule has 0 atom stereocenters. The number of pyridine rings is 1. The summed E-state index contributed by atoms with van der Waals surface area (Å²) in [6, 6.07) is 51.7. The van der Waals surface area contributed by atoms with Crippen molar-refractivity contribution in [3.05, 3.63) is 146 Å². The third-order valence-electron chi connectivity index (χ3n) is 7.59. The van der Waals surface area contributed by atoms with Crippen LogP contribution in [-0.4, -0.2) is 9.55 Å². The third-order valence-corrected chi connectivity index (χ3v) is 8.78. The first kappa shape index (κ1) is 22.9. The number of rotatable bonds is 4. The maximum absolute atomic E-state index is 5.08. The van der Waals surface area contributed by atoms with E-state index in [0.29, 0.717) is 0 Å². The molecule has 0 aliphatic heterocycles. The van der Waals surface area contributed by atoms with Gasteiger partial charge in [-0.2, -0.15) is 0 Å². The Morgan fingerprint density at radius 1 is 0.475 bits per heavy atom. The molecular weight excluding hydrogens is 504 g/mol. The van der Waals surface area contributed by atoms with Crippen LogP contribution in [0.4, 0.5) is 0 Å². The first-order valence-electron chi connectivity index (χ1n) is 13.5. The average molecular weight is 529 g/mol. The van der Waals surface area contributed by atoms with E-state index in [2.05, 4.69) is 138 Å². The second kappa shape index (κ2) is 9.33. The molecule has 0 amide bonds. The minimum absolute atomic E-state index is 0.978. The van der Waals surface area contributed by atoms with Crippen LogP contribution in [0.15, 0.2) is 146 Å². The maximum atomic E-state index is 5.08. The van der Waals surface area contributed by atoms with Gasteiger partial charge in [0.25, 0.3) is 0 Å². The van der Waals surface area contributed by atoms with Crippen molar-refractivity contribution in [2.75, 3.05) is 0 Å². The quantitative estimate of drug-likeness (QED) is 0.222. The Labute approximate surface area is 236 Å². The van der Waals surface area contributed by atoms with Crippen molar-refractivity contribution in [1.29, 1.82) is 0 Å². The minimum Gasteiger partial charge on any atom is -0.308 e. The van der Waals surface area contributed by atoms with Crippen LogP contribution in [0.2, 0.25) is 0 Å². The number of hydrogen-bond acceptors (Lipinski definition) is 2. The molecule has 0 saturated carbocycles. The Morgan fingerprint density at radius 2 is 1.07 bits per heavy atom. The van der Waals surface area contributed by atoms with Gasteiger partial charge in [-0.1, -0.05) is 103 Å². The van der Waals surface area contributed by atoms with Gasteiger partial charge in [-0.25, -0.2) is 4.98 Å². The average Bonchev–Trinajstić information content (AvgIpc) is 3.56. The lowest BCUT2D eigenvalue weighted by Crippen LogP contribution is -1.93. The molecule has 0 aliphatic rings. The summed E-state index contributed by atoms with van der Waals surface area (Å²) in [5, 5.41) is 2.57. The number of fused-ring (bicyclic) bond motifs is 5. The summed E-state index contributed by atoms with van der Waals surface area (Å²) in [5.41, 5.74) is 10.2. The smallest absolute Gasteiger partial charge is 0.0727 e. The van der Waals surface area contributed by atoms with Crippen molar-refractivity contribution in [1.82, 2.24) is 9.55 Å². The molecule has 3 aromatic heterocycles. The van der Waals surface area contributed by atoms with Crippen LogP contribution in [0.3, 0.4) is 0 Å². The van der Waals surface area contributed by atoms with E-state index in [1.165, 1.54) is 42.5 Å². The number of benzene rings is 5. The monoisotopic (exact) mass is 528 g/mol. The molecule has 5 aromatic carbocycles. The largest absolute Gasteiger partial charge is 0.308 e. The van der Waals surface area contributed by atoms with Gasteiger partial charge in [0.2, 0.25) is 0 Å². The van der Waals surface area contributed by atoms with E-state index in [9.17, 15) is 0 Å². The normalized spacial score (nSPS) is 11.5. The zero-order chi connectivity index (χ0) is 26.5. The number of para-hydroxylation sites is 1. The first-order chi connectivity index (χ1) is 19.8. The number of aromatic nitrogens is 2. The Hall–Kier alpha value is -4.99. The second-order valence-electron chi connectivity index (χ2n) is 10.0. The van der Waals surface area contributed by atoms with Crippen molar-refractivity contribution in [3.8, 4) is 39.3 Å². The van der Waals surface area contributed by atoms with Crippen molar-refractivity contribution < 1.29 is 0 Å². The summed E-state index contributed by atoms with van der Waals surface area (Å²) in [4.78, 5) is 5.08. The van der Waals surface area contributed by atoms with Gasteiger partial charge < -0.3 is 4.57 Å². The standard InChI is InChI=1S/C37H24N2S/c1-4-12-25(13-5-1)32-23-28(24-33(38-32)26-14-6-2-7-15-26)27-20-21-34-31(22-27)37-36(30-18-10-11-19-35(30)40-37)39(34)29-16-8-3-9-17-29/h1-24H. The second-order valence-corrected chi connectivity index (χ2v) is 11.1. The van der Waals surface area contributed by atoms with Crippen molar-refractivity contribution in [3.63, 3.8) is 0 Å². The SMILES string of the molecule is c1ccc(-c2cc(-c3ccc4c(c3)c3sc5ccccc5c3n4-c3ccccc3)cc(-c3ccccc3)n2)cc1. The highest BCUT2D eigenvalue weighted by Crippen LogP contribution is 2.43. The molecule has 8 aromatic rings. The van der Waals surface area contributed by atoms with Gasteiger partial charge in [0.05, 0.1) is 27.1 Å². The van der Waals surface area contributed by atoms with Crippen LogP contribution in [0.25, 0.3) is 70.5 Å². The fourth-order valence-electron chi connectivity index (χ4n) is 5.71. The van der Waals surface area contributed by atoms with Gasteiger partial charge in [-0.05, 0) is 53.6 Å². The highest BCUT2D eigenvalue weighted by atomic mass is 32.1. The van der Waals surface area contributed by atoms with Crippen LogP contribution in [0.5, 0.6) is 0 Å². The van der Waals surface area contributed by atoms with Gasteiger partial charge in [0.1, 0.15) is 0 Å². The summed E-state index contributed by atoms with van der Waals surface area (Å²) >= 11 is 1.88. The molecule has 40 heavy (non-hydrogen) atoms. The van der Waals surface area contributed by atoms with E-state index < -0.39 is 0 Å².